The monoisotopic (exact) mass is 417 g/mol. The van der Waals surface area contributed by atoms with Crippen LogP contribution in [-0.2, 0) is 11.3 Å². The number of halogens is 1. The van der Waals surface area contributed by atoms with Crippen LogP contribution in [0.5, 0.6) is 0 Å². The van der Waals surface area contributed by atoms with Gasteiger partial charge in [-0.15, -0.1) is 24.0 Å². The smallest absolute Gasteiger partial charge is 0.191 e. The van der Waals surface area contributed by atoms with Crippen LogP contribution in [0.25, 0.3) is 0 Å². The van der Waals surface area contributed by atoms with Crippen LogP contribution in [0.1, 0.15) is 30.9 Å². The van der Waals surface area contributed by atoms with Crippen molar-refractivity contribution in [2.24, 2.45) is 10.9 Å². The zero-order valence-electron chi connectivity index (χ0n) is 13.6. The average Bonchev–Trinajstić information content (AvgIpc) is 3.30. The van der Waals surface area contributed by atoms with Crippen LogP contribution in [0.2, 0.25) is 0 Å². The highest BCUT2D eigenvalue weighted by Gasteiger charge is 2.20. The van der Waals surface area contributed by atoms with Gasteiger partial charge in [0.1, 0.15) is 0 Å². The Bertz CT molecular complexity index is 444. The van der Waals surface area contributed by atoms with E-state index >= 15 is 0 Å². The molecule has 2 N–H and O–H groups in total. The number of rotatable bonds is 8. The summed E-state index contributed by atoms with van der Waals surface area (Å²) in [5.74, 6) is 1.68. The largest absolute Gasteiger partial charge is 0.379 e. The van der Waals surface area contributed by atoms with Crippen LogP contribution in [-0.4, -0.2) is 32.3 Å². The van der Waals surface area contributed by atoms with Gasteiger partial charge in [0.25, 0.3) is 0 Å². The van der Waals surface area contributed by atoms with E-state index in [0.29, 0.717) is 6.54 Å². The second-order valence-electron chi connectivity index (χ2n) is 5.63. The lowest BCUT2D eigenvalue weighted by Crippen LogP contribution is -2.39. The summed E-state index contributed by atoms with van der Waals surface area (Å²) in [6.07, 6.45) is 2.68. The van der Waals surface area contributed by atoms with Gasteiger partial charge in [0, 0.05) is 19.7 Å². The highest BCUT2D eigenvalue weighted by molar-refractivity contribution is 14.0. The fourth-order valence-corrected chi connectivity index (χ4v) is 1.98. The first-order valence-electron chi connectivity index (χ1n) is 7.93. The van der Waals surface area contributed by atoms with Gasteiger partial charge in [-0.05, 0) is 38.2 Å². The summed E-state index contributed by atoms with van der Waals surface area (Å²) in [6, 6.07) is 8.50. The first kappa shape index (κ1) is 19.2. The number of benzene rings is 1. The van der Waals surface area contributed by atoms with E-state index in [1.807, 2.05) is 0 Å². The normalized spacial score (nSPS) is 14.4. The van der Waals surface area contributed by atoms with E-state index in [-0.39, 0.29) is 24.0 Å². The van der Waals surface area contributed by atoms with Crippen LogP contribution in [0.3, 0.4) is 0 Å². The van der Waals surface area contributed by atoms with Crippen molar-refractivity contribution >= 4 is 29.9 Å². The molecule has 0 spiro atoms. The quantitative estimate of drug-likeness (QED) is 0.296. The molecule has 0 unspecified atom stereocenters. The van der Waals surface area contributed by atoms with Gasteiger partial charge < -0.3 is 15.4 Å². The Morgan fingerprint density at radius 3 is 2.59 bits per heavy atom. The number of aryl methyl sites for hydroxylation is 1. The molecule has 0 amide bonds. The van der Waals surface area contributed by atoms with Gasteiger partial charge in [-0.2, -0.15) is 0 Å². The first-order chi connectivity index (χ1) is 10.3. The Labute approximate surface area is 151 Å². The molecule has 0 radical (unpaired) electrons. The van der Waals surface area contributed by atoms with Gasteiger partial charge in [0.2, 0.25) is 0 Å². The van der Waals surface area contributed by atoms with Crippen molar-refractivity contribution in [2.75, 3.05) is 26.3 Å². The van der Waals surface area contributed by atoms with Crippen LogP contribution < -0.4 is 10.6 Å². The first-order valence-corrected chi connectivity index (χ1v) is 7.93. The minimum atomic E-state index is 0. The summed E-state index contributed by atoms with van der Waals surface area (Å²) in [7, 11) is 0. The molecule has 4 nitrogen and oxygen atoms in total. The molecule has 1 aromatic carbocycles. The van der Waals surface area contributed by atoms with Crippen molar-refractivity contribution in [3.05, 3.63) is 35.4 Å². The summed E-state index contributed by atoms with van der Waals surface area (Å²) in [5, 5.41) is 6.57. The van der Waals surface area contributed by atoms with Gasteiger partial charge in [-0.3, -0.25) is 0 Å². The van der Waals surface area contributed by atoms with E-state index in [9.17, 15) is 0 Å². The lowest BCUT2D eigenvalue weighted by Gasteiger charge is -2.11. The number of guanidine groups is 1. The number of hydrogen-bond acceptors (Lipinski definition) is 2. The van der Waals surface area contributed by atoms with Crippen LogP contribution >= 0.6 is 24.0 Å². The van der Waals surface area contributed by atoms with Crippen molar-refractivity contribution in [3.8, 4) is 0 Å². The molecule has 0 saturated heterocycles. The molecular weight excluding hydrogens is 389 g/mol. The highest BCUT2D eigenvalue weighted by Crippen LogP contribution is 2.28. The Morgan fingerprint density at radius 1 is 1.23 bits per heavy atom. The van der Waals surface area contributed by atoms with Gasteiger partial charge in [0.05, 0.1) is 13.2 Å². The van der Waals surface area contributed by atoms with Gasteiger partial charge >= 0.3 is 0 Å². The van der Waals surface area contributed by atoms with E-state index in [1.54, 1.807) is 0 Å². The third kappa shape index (κ3) is 7.98. The molecule has 0 atom stereocenters. The summed E-state index contributed by atoms with van der Waals surface area (Å²) < 4.78 is 5.62. The van der Waals surface area contributed by atoms with E-state index in [1.165, 1.54) is 24.0 Å². The van der Waals surface area contributed by atoms with Crippen LogP contribution in [0.4, 0.5) is 0 Å². The number of ether oxygens (including phenoxy) is 1. The molecule has 124 valence electrons. The summed E-state index contributed by atoms with van der Waals surface area (Å²) >= 11 is 0. The third-order valence-corrected chi connectivity index (χ3v) is 3.47. The summed E-state index contributed by atoms with van der Waals surface area (Å²) in [6.45, 7) is 8.19. The molecule has 1 fully saturated rings. The fraction of sp³-hybridized carbons (Fsp3) is 0.588. The SMILES string of the molecule is CCNC(=NCc1ccc(C)cc1)NCCOCC1CC1.I. The third-order valence-electron chi connectivity index (χ3n) is 3.47. The standard InChI is InChI=1S/C17H27N3O.HI/c1-3-18-17(19-10-11-21-13-16-8-9-16)20-12-15-6-4-14(2)5-7-15;/h4-7,16H,3,8-13H2,1-2H3,(H2,18,19,20);1H. The summed E-state index contributed by atoms with van der Waals surface area (Å²) in [5.41, 5.74) is 2.50. The molecule has 5 heteroatoms. The molecule has 0 aliphatic heterocycles. The van der Waals surface area contributed by atoms with Crippen molar-refractivity contribution in [3.63, 3.8) is 0 Å². The number of nitrogens with one attached hydrogen (secondary N) is 2. The second-order valence-corrected chi connectivity index (χ2v) is 5.63. The topological polar surface area (TPSA) is 45.7 Å². The average molecular weight is 417 g/mol. The number of hydrogen-bond donors (Lipinski definition) is 2. The minimum Gasteiger partial charge on any atom is -0.379 e. The van der Waals surface area contributed by atoms with E-state index < -0.39 is 0 Å². The molecule has 1 aromatic rings. The van der Waals surface area contributed by atoms with Crippen molar-refractivity contribution < 1.29 is 4.74 Å². The molecule has 22 heavy (non-hydrogen) atoms. The van der Waals surface area contributed by atoms with Crippen LogP contribution in [0, 0.1) is 12.8 Å². The Morgan fingerprint density at radius 2 is 1.95 bits per heavy atom. The molecule has 0 bridgehead atoms. The number of aliphatic imine (C=N–C) groups is 1. The highest BCUT2D eigenvalue weighted by atomic mass is 127. The van der Waals surface area contributed by atoms with E-state index in [0.717, 1.165) is 38.2 Å². The Balaban J connectivity index is 0.00000242. The molecule has 0 aromatic heterocycles. The number of nitrogens with zero attached hydrogens (tertiary/aromatic N) is 1. The Hall–Kier alpha value is -0.820. The Kier molecular flexibility index (Phi) is 9.47. The maximum atomic E-state index is 5.62. The van der Waals surface area contributed by atoms with E-state index in [4.69, 9.17) is 4.74 Å². The molecular formula is C17H28IN3O. The van der Waals surface area contributed by atoms with Gasteiger partial charge in [-0.1, -0.05) is 29.8 Å². The minimum absolute atomic E-state index is 0. The fourth-order valence-electron chi connectivity index (χ4n) is 1.98. The maximum Gasteiger partial charge on any atom is 0.191 e. The van der Waals surface area contributed by atoms with Crippen molar-refractivity contribution in [1.82, 2.24) is 10.6 Å². The molecule has 0 heterocycles. The summed E-state index contributed by atoms with van der Waals surface area (Å²) in [4.78, 5) is 4.60. The molecule has 1 aliphatic carbocycles. The molecule has 1 aliphatic rings. The zero-order chi connectivity index (χ0) is 14.9. The molecule has 2 rings (SSSR count). The van der Waals surface area contributed by atoms with Gasteiger partial charge in [-0.25, -0.2) is 4.99 Å². The van der Waals surface area contributed by atoms with Crippen LogP contribution in [0.15, 0.2) is 29.3 Å². The molecule has 1 saturated carbocycles. The van der Waals surface area contributed by atoms with E-state index in [2.05, 4.69) is 53.7 Å². The maximum absolute atomic E-state index is 5.62. The van der Waals surface area contributed by atoms with Crippen molar-refractivity contribution in [2.45, 2.75) is 33.2 Å². The lowest BCUT2D eigenvalue weighted by molar-refractivity contribution is 0.129. The lowest BCUT2D eigenvalue weighted by atomic mass is 10.1. The zero-order valence-corrected chi connectivity index (χ0v) is 15.9. The second kappa shape index (κ2) is 10.8. The predicted molar refractivity (Wildman–Crippen MR) is 103 cm³/mol. The van der Waals surface area contributed by atoms with Gasteiger partial charge in [0.15, 0.2) is 5.96 Å². The predicted octanol–water partition coefficient (Wildman–Crippen LogP) is 3.09. The van der Waals surface area contributed by atoms with Crippen molar-refractivity contribution in [1.29, 1.82) is 0 Å².